The smallest absolute Gasteiger partial charge is 0.263 e. The van der Waals surface area contributed by atoms with E-state index in [0.29, 0.717) is 53.6 Å². The minimum Gasteiger partial charge on any atom is -0.493 e. The van der Waals surface area contributed by atoms with Gasteiger partial charge in [-0.25, -0.2) is 23.1 Å². The summed E-state index contributed by atoms with van der Waals surface area (Å²) in [7, 11) is 0. The van der Waals surface area contributed by atoms with Crippen LogP contribution in [0.3, 0.4) is 0 Å². The summed E-state index contributed by atoms with van der Waals surface area (Å²) in [6.45, 7) is 1.48. The van der Waals surface area contributed by atoms with Crippen molar-refractivity contribution in [2.24, 2.45) is 5.92 Å². The summed E-state index contributed by atoms with van der Waals surface area (Å²) in [6, 6.07) is 2.99. The lowest BCUT2D eigenvalue weighted by atomic mass is 9.89. The molecular formula is C27H30F3N5O4. The number of carbonyl (C=O) groups is 2. The van der Waals surface area contributed by atoms with Gasteiger partial charge < -0.3 is 25.5 Å². The number of nitrogens with one attached hydrogen (secondary N) is 3. The van der Waals surface area contributed by atoms with Crippen LogP contribution >= 0.6 is 0 Å². The van der Waals surface area contributed by atoms with E-state index in [1.807, 2.05) is 0 Å². The third kappa shape index (κ3) is 5.85. The molecule has 5 rings (SSSR count). The maximum absolute atomic E-state index is 14.9. The zero-order valence-electron chi connectivity index (χ0n) is 21.3. The van der Waals surface area contributed by atoms with E-state index in [4.69, 9.17) is 9.84 Å². The molecule has 2 aromatic heterocycles. The number of hydrogen-bond acceptors (Lipinski definition) is 6. The van der Waals surface area contributed by atoms with Crippen molar-refractivity contribution < 1.29 is 32.6 Å². The fourth-order valence-corrected chi connectivity index (χ4v) is 5.01. The van der Waals surface area contributed by atoms with E-state index in [0.717, 1.165) is 12.8 Å². The van der Waals surface area contributed by atoms with Crippen LogP contribution < -0.4 is 15.4 Å². The van der Waals surface area contributed by atoms with E-state index >= 15 is 0 Å². The highest BCUT2D eigenvalue weighted by molar-refractivity contribution is 6.09. The first kappa shape index (κ1) is 26.9. The lowest BCUT2D eigenvalue weighted by molar-refractivity contribution is -0.124. The maximum Gasteiger partial charge on any atom is 0.263 e. The van der Waals surface area contributed by atoms with Crippen molar-refractivity contribution in [3.63, 3.8) is 0 Å². The summed E-state index contributed by atoms with van der Waals surface area (Å²) in [5, 5.41) is 14.2. The average Bonchev–Trinajstić information content (AvgIpc) is 3.68. The van der Waals surface area contributed by atoms with Crippen LogP contribution in [0.4, 0.5) is 13.2 Å². The normalized spacial score (nSPS) is 21.2. The first-order chi connectivity index (χ1) is 18.7. The Morgan fingerprint density at radius 3 is 2.67 bits per heavy atom. The number of aromatic nitrogens is 3. The molecule has 0 bridgehead atoms. The van der Waals surface area contributed by atoms with Crippen molar-refractivity contribution in [1.82, 2.24) is 25.6 Å². The number of hydrogen-bond donors (Lipinski definition) is 4. The Balaban J connectivity index is 1.42. The van der Waals surface area contributed by atoms with Crippen LogP contribution in [-0.2, 0) is 4.79 Å². The number of H-pyrrole nitrogens is 1. The Kier molecular flexibility index (Phi) is 7.74. The van der Waals surface area contributed by atoms with Gasteiger partial charge in [0.15, 0.2) is 0 Å². The summed E-state index contributed by atoms with van der Waals surface area (Å²) < 4.78 is 48.0. The standard InChI is InChI=1S/C27H30F3N5O4/c1-13-22(27(38)35-19-6-5-16(9-18(19)28)34-21(37)10-36)24-25(33-13)23(31-12-32-24)17-8-15(26(29)30)4-7-20(17)39-11-14-2-3-14/h4,7-8,12,14,16,18-19,26,33,36H,2-3,5-6,9-11H2,1H3,(H,34,37)(H,35,38)/t16-,18-,19+/m1/s1. The minimum atomic E-state index is -2.69. The first-order valence-corrected chi connectivity index (χ1v) is 13.0. The maximum atomic E-state index is 14.9. The Hall–Kier alpha value is -3.67. The van der Waals surface area contributed by atoms with Crippen LogP contribution in [-0.4, -0.2) is 63.3 Å². The molecule has 3 atom stereocenters. The van der Waals surface area contributed by atoms with E-state index < -0.39 is 43.1 Å². The molecule has 0 radical (unpaired) electrons. The molecule has 2 heterocycles. The van der Waals surface area contributed by atoms with Gasteiger partial charge in [-0.1, -0.05) is 0 Å². The fourth-order valence-electron chi connectivity index (χ4n) is 5.01. The Labute approximate surface area is 222 Å². The molecule has 2 aliphatic carbocycles. The zero-order valence-corrected chi connectivity index (χ0v) is 21.3. The van der Waals surface area contributed by atoms with Crippen molar-refractivity contribution in [2.45, 2.75) is 63.7 Å². The molecule has 2 aliphatic rings. The number of aliphatic hydroxyl groups is 1. The lowest BCUT2D eigenvalue weighted by Crippen LogP contribution is -2.50. The van der Waals surface area contributed by atoms with Gasteiger partial charge in [0.2, 0.25) is 5.91 Å². The number of nitrogens with zero attached hydrogens (tertiary/aromatic N) is 2. The quantitative estimate of drug-likeness (QED) is 0.324. The summed E-state index contributed by atoms with van der Waals surface area (Å²) >= 11 is 0. The number of ether oxygens (including phenoxy) is 1. The van der Waals surface area contributed by atoms with Gasteiger partial charge in [0, 0.05) is 29.3 Å². The minimum absolute atomic E-state index is 0.0139. The number of rotatable bonds is 9. The molecule has 2 saturated carbocycles. The van der Waals surface area contributed by atoms with E-state index in [9.17, 15) is 22.8 Å². The predicted octanol–water partition coefficient (Wildman–Crippen LogP) is 3.76. The third-order valence-electron chi connectivity index (χ3n) is 7.28. The molecule has 3 aromatic rings. The SMILES string of the molecule is Cc1[nH]c2c(-c3cc(C(F)F)ccc3OCC3CC3)ncnc2c1C(=O)N[C@H]1CC[C@@H](NC(=O)CO)C[C@H]1F. The zero-order chi connectivity index (χ0) is 27.7. The monoisotopic (exact) mass is 545 g/mol. The van der Waals surface area contributed by atoms with E-state index in [-0.39, 0.29) is 23.1 Å². The Bertz CT molecular complexity index is 1380. The van der Waals surface area contributed by atoms with Gasteiger partial charge in [0.25, 0.3) is 12.3 Å². The van der Waals surface area contributed by atoms with Gasteiger partial charge in [0.1, 0.15) is 36.1 Å². The second-order valence-electron chi connectivity index (χ2n) is 10.2. The van der Waals surface area contributed by atoms with Crippen LogP contribution in [0.25, 0.3) is 22.3 Å². The van der Waals surface area contributed by atoms with E-state index in [1.54, 1.807) is 6.92 Å². The van der Waals surface area contributed by atoms with Crippen molar-refractivity contribution in [1.29, 1.82) is 0 Å². The largest absolute Gasteiger partial charge is 0.493 e. The Morgan fingerprint density at radius 1 is 1.18 bits per heavy atom. The second kappa shape index (κ2) is 11.2. The van der Waals surface area contributed by atoms with Gasteiger partial charge in [-0.15, -0.1) is 0 Å². The van der Waals surface area contributed by atoms with Crippen molar-refractivity contribution in [3.05, 3.63) is 41.3 Å². The van der Waals surface area contributed by atoms with Gasteiger partial charge in [-0.3, -0.25) is 9.59 Å². The van der Waals surface area contributed by atoms with Crippen LogP contribution in [0.2, 0.25) is 0 Å². The number of aryl methyl sites for hydroxylation is 1. The van der Waals surface area contributed by atoms with Gasteiger partial charge >= 0.3 is 0 Å². The molecule has 12 heteroatoms. The van der Waals surface area contributed by atoms with Gasteiger partial charge in [-0.05, 0) is 56.7 Å². The number of alkyl halides is 3. The number of benzene rings is 1. The lowest BCUT2D eigenvalue weighted by Gasteiger charge is -2.32. The number of aromatic amines is 1. The summed E-state index contributed by atoms with van der Waals surface area (Å²) in [5.74, 6) is -0.239. The molecule has 39 heavy (non-hydrogen) atoms. The van der Waals surface area contributed by atoms with Crippen LogP contribution in [0.5, 0.6) is 5.75 Å². The first-order valence-electron chi connectivity index (χ1n) is 13.0. The molecule has 208 valence electrons. The fraction of sp³-hybridized carbons (Fsp3) is 0.481. The van der Waals surface area contributed by atoms with Crippen LogP contribution in [0.15, 0.2) is 24.5 Å². The molecule has 2 amide bonds. The van der Waals surface area contributed by atoms with E-state index in [1.165, 1.54) is 24.5 Å². The van der Waals surface area contributed by atoms with E-state index in [2.05, 4.69) is 25.6 Å². The van der Waals surface area contributed by atoms with Crippen LogP contribution in [0, 0.1) is 12.8 Å². The number of fused-ring (bicyclic) bond motifs is 1. The molecule has 2 fully saturated rings. The number of aliphatic hydroxyl groups excluding tert-OH is 1. The molecule has 0 aliphatic heterocycles. The highest BCUT2D eigenvalue weighted by Crippen LogP contribution is 2.38. The molecule has 0 unspecified atom stereocenters. The Morgan fingerprint density at radius 2 is 1.97 bits per heavy atom. The highest BCUT2D eigenvalue weighted by Gasteiger charge is 2.33. The molecule has 0 spiro atoms. The predicted molar refractivity (Wildman–Crippen MR) is 136 cm³/mol. The summed E-state index contributed by atoms with van der Waals surface area (Å²) in [4.78, 5) is 36.5. The number of carbonyl (C=O) groups excluding carboxylic acids is 2. The summed E-state index contributed by atoms with van der Waals surface area (Å²) in [6.07, 6.45) is 0.0586. The second-order valence-corrected chi connectivity index (χ2v) is 10.2. The van der Waals surface area contributed by atoms with Crippen molar-refractivity contribution >= 4 is 22.8 Å². The van der Waals surface area contributed by atoms with Crippen molar-refractivity contribution in [2.75, 3.05) is 13.2 Å². The van der Waals surface area contributed by atoms with Crippen LogP contribution in [0.1, 0.15) is 60.1 Å². The van der Waals surface area contributed by atoms with Crippen molar-refractivity contribution in [3.8, 4) is 17.0 Å². The molecular weight excluding hydrogens is 515 g/mol. The molecule has 1 aromatic carbocycles. The number of amides is 2. The molecule has 4 N–H and O–H groups in total. The highest BCUT2D eigenvalue weighted by atomic mass is 19.3. The number of halogens is 3. The molecule has 9 nitrogen and oxygen atoms in total. The summed E-state index contributed by atoms with van der Waals surface area (Å²) in [5.41, 5.74) is 1.84. The van der Waals surface area contributed by atoms with Gasteiger partial charge in [0.05, 0.1) is 23.7 Å². The molecule has 0 saturated heterocycles. The topological polar surface area (TPSA) is 129 Å². The van der Waals surface area contributed by atoms with Gasteiger partial charge in [-0.2, -0.15) is 0 Å². The average molecular weight is 546 g/mol. The third-order valence-corrected chi connectivity index (χ3v) is 7.28.